The minimum absolute atomic E-state index is 0.0116. The Labute approximate surface area is 122 Å². The monoisotopic (exact) mass is 277 g/mol. The Kier molecular flexibility index (Phi) is 6.21. The van der Waals surface area contributed by atoms with E-state index in [0.29, 0.717) is 12.8 Å². The third-order valence-electron chi connectivity index (χ3n) is 3.52. The summed E-state index contributed by atoms with van der Waals surface area (Å²) in [6, 6.07) is 8.25. The Morgan fingerprint density at radius 2 is 2.05 bits per heavy atom. The fourth-order valence-corrected chi connectivity index (χ4v) is 2.24. The van der Waals surface area contributed by atoms with E-state index in [9.17, 15) is 4.79 Å². The Balaban J connectivity index is 2.50. The highest BCUT2D eigenvalue weighted by molar-refractivity contribution is 5.76. The van der Waals surface area contributed by atoms with Gasteiger partial charge < -0.3 is 10.4 Å². The first-order chi connectivity index (χ1) is 9.32. The molecule has 0 spiro atoms. The number of benzene rings is 1. The van der Waals surface area contributed by atoms with E-state index >= 15 is 0 Å². The van der Waals surface area contributed by atoms with Crippen LogP contribution in [0.5, 0.6) is 0 Å². The first kappa shape index (κ1) is 16.7. The number of rotatable bonds is 6. The lowest BCUT2D eigenvalue weighted by molar-refractivity contribution is -0.122. The van der Waals surface area contributed by atoms with Crippen LogP contribution in [0.25, 0.3) is 0 Å². The quantitative estimate of drug-likeness (QED) is 0.840. The first-order valence-corrected chi connectivity index (χ1v) is 7.28. The summed E-state index contributed by atoms with van der Waals surface area (Å²) in [6.45, 7) is 8.39. The van der Waals surface area contributed by atoms with E-state index in [-0.39, 0.29) is 24.0 Å². The van der Waals surface area contributed by atoms with Crippen molar-refractivity contribution in [2.75, 3.05) is 6.61 Å². The van der Waals surface area contributed by atoms with E-state index in [1.54, 1.807) is 0 Å². The van der Waals surface area contributed by atoms with Crippen LogP contribution in [0, 0.1) is 12.3 Å². The van der Waals surface area contributed by atoms with Crippen molar-refractivity contribution in [1.82, 2.24) is 5.32 Å². The number of aliphatic hydroxyl groups is 1. The van der Waals surface area contributed by atoms with Crippen molar-refractivity contribution in [2.45, 2.75) is 53.0 Å². The molecular formula is C17H27NO2. The molecule has 1 atom stereocenters. The number of amides is 1. The normalized spacial score (nSPS) is 13.1. The second-order valence-electron chi connectivity index (χ2n) is 6.49. The molecule has 0 aliphatic heterocycles. The molecule has 0 saturated heterocycles. The average molecular weight is 277 g/mol. The van der Waals surface area contributed by atoms with Crippen LogP contribution in [-0.4, -0.2) is 23.7 Å². The maximum absolute atomic E-state index is 12.0. The smallest absolute Gasteiger partial charge is 0.220 e. The highest BCUT2D eigenvalue weighted by atomic mass is 16.3. The van der Waals surface area contributed by atoms with Crippen molar-refractivity contribution < 1.29 is 9.90 Å². The largest absolute Gasteiger partial charge is 0.396 e. The van der Waals surface area contributed by atoms with Gasteiger partial charge in [-0.1, -0.05) is 50.6 Å². The third-order valence-corrected chi connectivity index (χ3v) is 3.52. The Morgan fingerprint density at radius 1 is 1.35 bits per heavy atom. The van der Waals surface area contributed by atoms with E-state index in [1.807, 2.05) is 6.07 Å². The van der Waals surface area contributed by atoms with E-state index in [2.05, 4.69) is 51.2 Å². The number of aliphatic hydroxyl groups excluding tert-OH is 1. The molecular weight excluding hydrogens is 250 g/mol. The number of carbonyl (C=O) groups is 1. The summed E-state index contributed by atoms with van der Waals surface area (Å²) in [4.78, 5) is 12.0. The van der Waals surface area contributed by atoms with Gasteiger partial charge in [0, 0.05) is 19.1 Å². The van der Waals surface area contributed by atoms with Gasteiger partial charge in [-0.2, -0.15) is 0 Å². The maximum Gasteiger partial charge on any atom is 0.220 e. The number of carbonyl (C=O) groups excluding carboxylic acids is 1. The zero-order valence-corrected chi connectivity index (χ0v) is 13.1. The summed E-state index contributed by atoms with van der Waals surface area (Å²) in [5, 5.41) is 12.1. The Bertz CT molecular complexity index is 435. The van der Waals surface area contributed by atoms with Crippen molar-refractivity contribution in [3.8, 4) is 0 Å². The van der Waals surface area contributed by atoms with Gasteiger partial charge in [0.1, 0.15) is 0 Å². The molecule has 0 saturated carbocycles. The minimum Gasteiger partial charge on any atom is -0.396 e. The zero-order chi connectivity index (χ0) is 15.2. The molecule has 1 unspecified atom stereocenters. The number of nitrogens with one attached hydrogen (secondary N) is 1. The standard InChI is InChI=1S/C17H27NO2/c1-13-6-5-7-14(12-13)8-9-16(20)18-15(10-11-19)17(2,3)4/h5-7,12,15,19H,8-11H2,1-4H3,(H,18,20). The van der Waals surface area contributed by atoms with Gasteiger partial charge in [-0.05, 0) is 30.7 Å². The first-order valence-electron chi connectivity index (χ1n) is 7.28. The predicted molar refractivity (Wildman–Crippen MR) is 82.6 cm³/mol. The van der Waals surface area contributed by atoms with Gasteiger partial charge in [-0.3, -0.25) is 4.79 Å². The van der Waals surface area contributed by atoms with E-state index in [1.165, 1.54) is 11.1 Å². The lowest BCUT2D eigenvalue weighted by Gasteiger charge is -2.31. The second kappa shape index (κ2) is 7.44. The van der Waals surface area contributed by atoms with Crippen molar-refractivity contribution in [3.05, 3.63) is 35.4 Å². The van der Waals surface area contributed by atoms with Crippen LogP contribution in [0.4, 0.5) is 0 Å². The van der Waals surface area contributed by atoms with Crippen LogP contribution in [0.1, 0.15) is 44.7 Å². The number of hydrogen-bond donors (Lipinski definition) is 2. The molecule has 0 fully saturated rings. The van der Waals surface area contributed by atoms with E-state index in [0.717, 1.165) is 6.42 Å². The molecule has 3 nitrogen and oxygen atoms in total. The van der Waals surface area contributed by atoms with Gasteiger partial charge in [0.05, 0.1) is 0 Å². The summed E-state index contributed by atoms with van der Waals surface area (Å²) in [5.41, 5.74) is 2.37. The van der Waals surface area contributed by atoms with Crippen molar-refractivity contribution >= 4 is 5.91 Å². The number of aryl methyl sites for hydroxylation is 2. The highest BCUT2D eigenvalue weighted by Gasteiger charge is 2.25. The summed E-state index contributed by atoms with van der Waals surface area (Å²) < 4.78 is 0. The molecule has 0 bridgehead atoms. The van der Waals surface area contributed by atoms with Crippen molar-refractivity contribution in [1.29, 1.82) is 0 Å². The molecule has 20 heavy (non-hydrogen) atoms. The highest BCUT2D eigenvalue weighted by Crippen LogP contribution is 2.21. The summed E-state index contributed by atoms with van der Waals surface area (Å²) in [6.07, 6.45) is 1.84. The van der Waals surface area contributed by atoms with Crippen LogP contribution in [0.2, 0.25) is 0 Å². The molecule has 0 radical (unpaired) electrons. The molecule has 0 aliphatic carbocycles. The zero-order valence-electron chi connectivity index (χ0n) is 13.1. The van der Waals surface area contributed by atoms with Gasteiger partial charge >= 0.3 is 0 Å². The van der Waals surface area contributed by atoms with Gasteiger partial charge in [-0.25, -0.2) is 0 Å². The summed E-state index contributed by atoms with van der Waals surface area (Å²) >= 11 is 0. The fourth-order valence-electron chi connectivity index (χ4n) is 2.24. The van der Waals surface area contributed by atoms with E-state index < -0.39 is 0 Å². The average Bonchev–Trinajstić information content (AvgIpc) is 2.35. The minimum atomic E-state index is -0.0400. The molecule has 112 valence electrons. The molecule has 3 heteroatoms. The Morgan fingerprint density at radius 3 is 2.60 bits per heavy atom. The molecule has 0 heterocycles. The van der Waals surface area contributed by atoms with Crippen LogP contribution < -0.4 is 5.32 Å². The maximum atomic E-state index is 12.0. The SMILES string of the molecule is Cc1cccc(CCC(=O)NC(CCO)C(C)(C)C)c1. The molecule has 1 aromatic rings. The molecule has 1 rings (SSSR count). The van der Waals surface area contributed by atoms with Gasteiger partial charge in [0.25, 0.3) is 0 Å². The molecule has 1 amide bonds. The summed E-state index contributed by atoms with van der Waals surface area (Å²) in [5.74, 6) is 0.0554. The lowest BCUT2D eigenvalue weighted by Crippen LogP contribution is -2.44. The molecule has 0 aliphatic rings. The molecule has 1 aromatic carbocycles. The second-order valence-corrected chi connectivity index (χ2v) is 6.49. The third kappa shape index (κ3) is 5.74. The van der Waals surface area contributed by atoms with Gasteiger partial charge in [0.2, 0.25) is 5.91 Å². The summed E-state index contributed by atoms with van der Waals surface area (Å²) in [7, 11) is 0. The van der Waals surface area contributed by atoms with Gasteiger partial charge in [-0.15, -0.1) is 0 Å². The van der Waals surface area contributed by atoms with Crippen LogP contribution in [0.15, 0.2) is 24.3 Å². The predicted octanol–water partition coefficient (Wildman–Crippen LogP) is 2.84. The topological polar surface area (TPSA) is 49.3 Å². The fraction of sp³-hybridized carbons (Fsp3) is 0.588. The number of hydrogen-bond acceptors (Lipinski definition) is 2. The van der Waals surface area contributed by atoms with Crippen LogP contribution in [-0.2, 0) is 11.2 Å². The van der Waals surface area contributed by atoms with E-state index in [4.69, 9.17) is 5.11 Å². The lowest BCUT2D eigenvalue weighted by atomic mass is 9.85. The van der Waals surface area contributed by atoms with Crippen molar-refractivity contribution in [2.24, 2.45) is 5.41 Å². The Hall–Kier alpha value is -1.35. The molecule has 2 N–H and O–H groups in total. The van der Waals surface area contributed by atoms with Crippen LogP contribution >= 0.6 is 0 Å². The van der Waals surface area contributed by atoms with Crippen LogP contribution in [0.3, 0.4) is 0 Å². The molecule has 0 aromatic heterocycles. The van der Waals surface area contributed by atoms with Gasteiger partial charge in [0.15, 0.2) is 0 Å². The van der Waals surface area contributed by atoms with Crippen molar-refractivity contribution in [3.63, 3.8) is 0 Å².